The minimum atomic E-state index is 0.136. The summed E-state index contributed by atoms with van der Waals surface area (Å²) >= 11 is 0. The van der Waals surface area contributed by atoms with Crippen molar-refractivity contribution >= 4 is 0 Å². The lowest BCUT2D eigenvalue weighted by atomic mass is 10.0. The van der Waals surface area contributed by atoms with Crippen molar-refractivity contribution in [2.24, 2.45) is 11.7 Å². The van der Waals surface area contributed by atoms with Gasteiger partial charge in [-0.15, -0.1) is 0 Å². The van der Waals surface area contributed by atoms with Crippen LogP contribution in [0, 0.1) is 19.8 Å². The summed E-state index contributed by atoms with van der Waals surface area (Å²) in [6.07, 6.45) is 1.31. The van der Waals surface area contributed by atoms with E-state index in [0.29, 0.717) is 6.04 Å². The first-order valence-corrected chi connectivity index (χ1v) is 7.04. The Morgan fingerprint density at radius 1 is 1.28 bits per heavy atom. The Balaban J connectivity index is 2.03. The van der Waals surface area contributed by atoms with Gasteiger partial charge in [-0.05, 0) is 49.8 Å². The molecule has 2 rings (SSSR count). The van der Waals surface area contributed by atoms with Crippen molar-refractivity contribution in [1.29, 1.82) is 0 Å². The van der Waals surface area contributed by atoms with Crippen molar-refractivity contribution in [2.45, 2.75) is 46.2 Å². The molecule has 100 valence electrons. The second-order valence-corrected chi connectivity index (χ2v) is 6.09. The van der Waals surface area contributed by atoms with Gasteiger partial charge in [-0.25, -0.2) is 0 Å². The van der Waals surface area contributed by atoms with Crippen LogP contribution in [0.1, 0.15) is 43.0 Å². The maximum Gasteiger partial charge on any atom is 0.0424 e. The highest BCUT2D eigenvalue weighted by atomic mass is 15.2. The lowest BCUT2D eigenvalue weighted by molar-refractivity contribution is 0.249. The van der Waals surface area contributed by atoms with Crippen LogP contribution in [0.25, 0.3) is 0 Å². The Bertz CT molecular complexity index is 414. The fourth-order valence-corrected chi connectivity index (χ4v) is 2.99. The van der Waals surface area contributed by atoms with Crippen LogP contribution in [0.3, 0.4) is 0 Å². The van der Waals surface area contributed by atoms with Crippen LogP contribution in [-0.4, -0.2) is 24.0 Å². The number of likely N-dealkylation sites (tertiary alicyclic amines) is 1. The van der Waals surface area contributed by atoms with Gasteiger partial charge in [0, 0.05) is 25.2 Å². The molecule has 1 saturated heterocycles. The molecule has 1 aliphatic rings. The first-order valence-electron chi connectivity index (χ1n) is 7.04. The van der Waals surface area contributed by atoms with Crippen LogP contribution in [-0.2, 0) is 0 Å². The summed E-state index contributed by atoms with van der Waals surface area (Å²) in [6.45, 7) is 11.1. The van der Waals surface area contributed by atoms with Crippen molar-refractivity contribution in [3.63, 3.8) is 0 Å². The molecule has 1 fully saturated rings. The van der Waals surface area contributed by atoms with Crippen molar-refractivity contribution in [3.05, 3.63) is 34.9 Å². The number of benzene rings is 1. The third-order valence-electron chi connectivity index (χ3n) is 4.30. The zero-order chi connectivity index (χ0) is 13.3. The molecule has 1 aromatic carbocycles. The molecule has 0 amide bonds. The molecule has 3 unspecified atom stereocenters. The normalized spacial score (nSPS) is 26.5. The Labute approximate surface area is 111 Å². The fourth-order valence-electron chi connectivity index (χ4n) is 2.99. The molecule has 0 radical (unpaired) electrons. The maximum atomic E-state index is 6.36. The molecule has 3 atom stereocenters. The monoisotopic (exact) mass is 246 g/mol. The molecule has 0 aliphatic carbocycles. The summed E-state index contributed by atoms with van der Waals surface area (Å²) in [5, 5.41) is 0. The minimum Gasteiger partial charge on any atom is -0.323 e. The molecule has 1 heterocycles. The van der Waals surface area contributed by atoms with Gasteiger partial charge in [0.2, 0.25) is 0 Å². The molecule has 2 N–H and O–H groups in total. The van der Waals surface area contributed by atoms with Gasteiger partial charge in [0.05, 0.1) is 0 Å². The zero-order valence-electron chi connectivity index (χ0n) is 12.1. The first kappa shape index (κ1) is 13.6. The zero-order valence-corrected chi connectivity index (χ0v) is 12.1. The van der Waals surface area contributed by atoms with Crippen LogP contribution in [0.4, 0.5) is 0 Å². The molecule has 0 spiro atoms. The van der Waals surface area contributed by atoms with Crippen molar-refractivity contribution in [2.75, 3.05) is 13.1 Å². The summed E-state index contributed by atoms with van der Waals surface area (Å²) in [5.74, 6) is 0.812. The van der Waals surface area contributed by atoms with Gasteiger partial charge in [-0.2, -0.15) is 0 Å². The summed E-state index contributed by atoms with van der Waals surface area (Å²) in [5.41, 5.74) is 10.3. The van der Waals surface area contributed by atoms with Crippen LogP contribution < -0.4 is 5.73 Å². The van der Waals surface area contributed by atoms with Gasteiger partial charge in [0.1, 0.15) is 0 Å². The summed E-state index contributed by atoms with van der Waals surface area (Å²) in [4.78, 5) is 2.53. The van der Waals surface area contributed by atoms with Crippen LogP contribution in [0.2, 0.25) is 0 Å². The number of nitrogens with two attached hydrogens (primary N) is 1. The Hall–Kier alpha value is -0.860. The van der Waals surface area contributed by atoms with E-state index < -0.39 is 0 Å². The molecule has 0 aromatic heterocycles. The molecular weight excluding hydrogens is 220 g/mol. The third-order valence-corrected chi connectivity index (χ3v) is 4.30. The molecule has 1 aliphatic heterocycles. The largest absolute Gasteiger partial charge is 0.323 e. The lowest BCUT2D eigenvalue weighted by Gasteiger charge is -2.25. The SMILES string of the molecule is Cc1ccc(C(N)CN2CC(C)CC2C)cc1C. The van der Waals surface area contributed by atoms with Gasteiger partial charge in [-0.3, -0.25) is 4.90 Å². The highest BCUT2D eigenvalue weighted by Gasteiger charge is 2.27. The Morgan fingerprint density at radius 2 is 2.00 bits per heavy atom. The second kappa shape index (κ2) is 5.41. The van der Waals surface area contributed by atoms with Gasteiger partial charge in [0.25, 0.3) is 0 Å². The topological polar surface area (TPSA) is 29.3 Å². The number of aryl methyl sites for hydroxylation is 2. The maximum absolute atomic E-state index is 6.36. The number of nitrogens with zero attached hydrogens (tertiary/aromatic N) is 1. The summed E-state index contributed by atoms with van der Waals surface area (Å²) < 4.78 is 0. The van der Waals surface area contributed by atoms with Crippen molar-refractivity contribution in [1.82, 2.24) is 4.90 Å². The van der Waals surface area contributed by atoms with E-state index in [4.69, 9.17) is 5.73 Å². The average Bonchev–Trinajstić information content (AvgIpc) is 2.61. The van der Waals surface area contributed by atoms with Gasteiger partial charge < -0.3 is 5.73 Å². The molecule has 0 saturated carbocycles. The molecule has 2 nitrogen and oxygen atoms in total. The van der Waals surface area contributed by atoms with Crippen LogP contribution in [0.15, 0.2) is 18.2 Å². The van der Waals surface area contributed by atoms with E-state index in [1.807, 2.05) is 0 Å². The van der Waals surface area contributed by atoms with Crippen LogP contribution in [0.5, 0.6) is 0 Å². The summed E-state index contributed by atoms with van der Waals surface area (Å²) in [6, 6.07) is 7.41. The second-order valence-electron chi connectivity index (χ2n) is 6.09. The van der Waals surface area contributed by atoms with E-state index >= 15 is 0 Å². The molecular formula is C16H26N2. The number of hydrogen-bond acceptors (Lipinski definition) is 2. The van der Waals surface area contributed by atoms with E-state index in [2.05, 4.69) is 50.8 Å². The highest BCUT2D eigenvalue weighted by Crippen LogP contribution is 2.25. The standard InChI is InChI=1S/C16H26N2/c1-11-7-14(4)18(9-11)10-16(17)15-6-5-12(2)13(3)8-15/h5-6,8,11,14,16H,7,9-10,17H2,1-4H3. The summed E-state index contributed by atoms with van der Waals surface area (Å²) in [7, 11) is 0. The van der Waals surface area contributed by atoms with E-state index in [1.54, 1.807) is 0 Å². The molecule has 1 aromatic rings. The molecule has 2 heteroatoms. The number of hydrogen-bond donors (Lipinski definition) is 1. The quantitative estimate of drug-likeness (QED) is 0.888. The first-order chi connectivity index (χ1) is 8.47. The van der Waals surface area contributed by atoms with E-state index in [0.717, 1.165) is 12.5 Å². The number of rotatable bonds is 3. The van der Waals surface area contributed by atoms with Crippen molar-refractivity contribution in [3.8, 4) is 0 Å². The van der Waals surface area contributed by atoms with Gasteiger partial charge >= 0.3 is 0 Å². The predicted octanol–water partition coefficient (Wildman–Crippen LogP) is 3.03. The molecule has 0 bridgehead atoms. The highest BCUT2D eigenvalue weighted by molar-refractivity contribution is 5.31. The lowest BCUT2D eigenvalue weighted by Crippen LogP contribution is -2.34. The Morgan fingerprint density at radius 3 is 2.56 bits per heavy atom. The van der Waals surface area contributed by atoms with Crippen LogP contribution >= 0.6 is 0 Å². The fraction of sp³-hybridized carbons (Fsp3) is 0.625. The van der Waals surface area contributed by atoms with Crippen molar-refractivity contribution < 1.29 is 0 Å². The van der Waals surface area contributed by atoms with E-state index in [9.17, 15) is 0 Å². The third kappa shape index (κ3) is 2.93. The van der Waals surface area contributed by atoms with E-state index in [1.165, 1.54) is 29.7 Å². The minimum absolute atomic E-state index is 0.136. The van der Waals surface area contributed by atoms with E-state index in [-0.39, 0.29) is 6.04 Å². The molecule has 18 heavy (non-hydrogen) atoms. The van der Waals surface area contributed by atoms with Gasteiger partial charge in [-0.1, -0.05) is 25.1 Å². The smallest absolute Gasteiger partial charge is 0.0424 e. The Kier molecular flexibility index (Phi) is 4.08. The van der Waals surface area contributed by atoms with Gasteiger partial charge in [0.15, 0.2) is 0 Å². The average molecular weight is 246 g/mol. The predicted molar refractivity (Wildman–Crippen MR) is 77.7 cm³/mol.